The van der Waals surface area contributed by atoms with Crippen LogP contribution in [0.25, 0.3) is 11.3 Å². The average Bonchev–Trinajstić information content (AvgIpc) is 3.42. The quantitative estimate of drug-likeness (QED) is 0.267. The van der Waals surface area contributed by atoms with Crippen molar-refractivity contribution in [2.45, 2.75) is 84.0 Å². The van der Waals surface area contributed by atoms with Crippen molar-refractivity contribution in [1.29, 1.82) is 5.26 Å². The molecule has 3 heterocycles. The van der Waals surface area contributed by atoms with Crippen molar-refractivity contribution < 1.29 is 13.2 Å². The highest BCUT2D eigenvalue weighted by atomic mass is 28.4. The van der Waals surface area contributed by atoms with Gasteiger partial charge in [-0.15, -0.1) is 0 Å². The molecule has 8 nitrogen and oxygen atoms in total. The number of halogens is 2. The number of hydrogen-bond donors (Lipinski definition) is 2. The molecule has 0 spiro atoms. The van der Waals surface area contributed by atoms with Crippen LogP contribution in [0.15, 0.2) is 30.6 Å². The van der Waals surface area contributed by atoms with Crippen molar-refractivity contribution >= 4 is 25.6 Å². The van der Waals surface area contributed by atoms with Crippen molar-refractivity contribution in [2.24, 2.45) is 0 Å². The maximum atomic E-state index is 13.0. The monoisotopic (exact) mass is 567 g/mol. The summed E-state index contributed by atoms with van der Waals surface area (Å²) in [5, 5.41) is 21.0. The summed E-state index contributed by atoms with van der Waals surface area (Å²) < 4.78 is 33.8. The van der Waals surface area contributed by atoms with Gasteiger partial charge >= 0.3 is 0 Å². The Hall–Kier alpha value is -3.36. The summed E-state index contributed by atoms with van der Waals surface area (Å²) in [4.78, 5) is 9.07. The van der Waals surface area contributed by atoms with E-state index in [2.05, 4.69) is 73.6 Å². The zero-order chi connectivity index (χ0) is 29.5. The smallest absolute Gasteiger partial charge is 0.257 e. The lowest BCUT2D eigenvalue weighted by Crippen LogP contribution is -2.45. The number of nitriles is 1. The first-order valence-corrected chi connectivity index (χ1v) is 16.5. The predicted octanol–water partition coefficient (Wildman–Crippen LogP) is 7.05. The summed E-state index contributed by atoms with van der Waals surface area (Å²) in [6.45, 7) is 18.0. The van der Waals surface area contributed by atoms with Gasteiger partial charge in [-0.1, -0.05) is 41.5 Å². The molecule has 11 heteroatoms. The standard InChI is InChI=1S/C29H39F2N7OSi/c1-18(2)25-23(14-38(37-25)15-24(30)31)36-27-33-10-9-22(35-27)19-11-20(13-32)26-21(12-19)29(6,16-34-26)17-39-40(7,8)28(3,4)5/h9-12,14,18,24,34H,15-17H2,1-8H3,(H,33,35,36)/t29-/m1/s1. The van der Waals surface area contributed by atoms with E-state index in [1.54, 1.807) is 18.5 Å². The minimum absolute atomic E-state index is 0.0122. The first-order valence-electron chi connectivity index (χ1n) is 13.6. The molecular weight excluding hydrogens is 528 g/mol. The average molecular weight is 568 g/mol. The highest BCUT2D eigenvalue weighted by Crippen LogP contribution is 2.44. The molecule has 0 fully saturated rings. The van der Waals surface area contributed by atoms with Crippen molar-refractivity contribution in [3.63, 3.8) is 0 Å². The summed E-state index contributed by atoms with van der Waals surface area (Å²) in [5.74, 6) is 0.329. The number of rotatable bonds is 9. The molecule has 4 rings (SSSR count). The summed E-state index contributed by atoms with van der Waals surface area (Å²) in [6, 6.07) is 8.05. The number of fused-ring (bicyclic) bond motifs is 1. The molecule has 0 saturated carbocycles. The summed E-state index contributed by atoms with van der Waals surface area (Å²) >= 11 is 0. The second-order valence-corrected chi connectivity index (χ2v) is 17.4. The molecule has 0 saturated heterocycles. The van der Waals surface area contributed by atoms with Gasteiger partial charge in [-0.25, -0.2) is 18.7 Å². The Morgan fingerprint density at radius 2 is 2.00 bits per heavy atom. The lowest BCUT2D eigenvalue weighted by atomic mass is 9.83. The van der Waals surface area contributed by atoms with E-state index in [-0.39, 0.29) is 16.4 Å². The molecule has 40 heavy (non-hydrogen) atoms. The number of aromatic nitrogens is 4. The van der Waals surface area contributed by atoms with Crippen LogP contribution < -0.4 is 10.6 Å². The van der Waals surface area contributed by atoms with Gasteiger partial charge in [0.15, 0.2) is 8.32 Å². The van der Waals surface area contributed by atoms with Gasteiger partial charge in [-0.3, -0.25) is 4.68 Å². The zero-order valence-electron chi connectivity index (χ0n) is 24.6. The molecule has 0 bridgehead atoms. The first-order chi connectivity index (χ1) is 18.6. The van der Waals surface area contributed by atoms with E-state index in [4.69, 9.17) is 9.41 Å². The normalized spacial score (nSPS) is 17.2. The Kier molecular flexibility index (Phi) is 8.07. The molecule has 0 aliphatic carbocycles. The molecule has 1 aliphatic heterocycles. The third-order valence-corrected chi connectivity index (χ3v) is 12.5. The van der Waals surface area contributed by atoms with E-state index in [1.807, 2.05) is 19.9 Å². The van der Waals surface area contributed by atoms with Gasteiger partial charge in [0.05, 0.1) is 28.3 Å². The Balaban J connectivity index is 1.66. The van der Waals surface area contributed by atoms with Crippen LogP contribution in [0, 0.1) is 11.3 Å². The van der Waals surface area contributed by atoms with Crippen LogP contribution in [0.4, 0.5) is 26.1 Å². The number of anilines is 3. The molecule has 3 aromatic rings. The SMILES string of the molecule is CC(C)c1nn(CC(F)F)cc1Nc1nccc(-c2cc(C#N)c3c(c2)[C@@](C)(CO[Si](C)(C)C(C)(C)C)CN3)n1. The number of nitrogens with one attached hydrogen (secondary N) is 2. The van der Waals surface area contributed by atoms with Crippen molar-refractivity contribution in [3.05, 3.63) is 47.4 Å². The van der Waals surface area contributed by atoms with Gasteiger partial charge in [0.1, 0.15) is 12.6 Å². The van der Waals surface area contributed by atoms with E-state index in [9.17, 15) is 14.0 Å². The van der Waals surface area contributed by atoms with E-state index in [0.717, 1.165) is 16.8 Å². The van der Waals surface area contributed by atoms with Crippen molar-refractivity contribution in [3.8, 4) is 17.3 Å². The van der Waals surface area contributed by atoms with Crippen LogP contribution in [0.3, 0.4) is 0 Å². The molecule has 1 aliphatic rings. The van der Waals surface area contributed by atoms with Gasteiger partial charge in [0.2, 0.25) is 5.95 Å². The molecule has 1 atom stereocenters. The Labute approximate surface area is 236 Å². The molecule has 0 unspecified atom stereocenters. The topological polar surface area (TPSA) is 101 Å². The summed E-state index contributed by atoms with van der Waals surface area (Å²) in [7, 11) is -1.98. The largest absolute Gasteiger partial charge is 0.416 e. The lowest BCUT2D eigenvalue weighted by Gasteiger charge is -2.39. The minimum atomic E-state index is -2.51. The third kappa shape index (κ3) is 6.03. The van der Waals surface area contributed by atoms with Crippen molar-refractivity contribution in [1.82, 2.24) is 19.7 Å². The van der Waals surface area contributed by atoms with Gasteiger partial charge in [-0.2, -0.15) is 10.4 Å². The molecular formula is C29H39F2N7OSi. The van der Waals surface area contributed by atoms with Crippen LogP contribution in [0.5, 0.6) is 0 Å². The van der Waals surface area contributed by atoms with Crippen LogP contribution in [-0.2, 0) is 16.4 Å². The zero-order valence-corrected chi connectivity index (χ0v) is 25.6. The minimum Gasteiger partial charge on any atom is -0.416 e. The van der Waals surface area contributed by atoms with Gasteiger partial charge in [-0.05, 0) is 47.8 Å². The van der Waals surface area contributed by atoms with E-state index < -0.39 is 21.3 Å². The van der Waals surface area contributed by atoms with Gasteiger partial charge in [0, 0.05) is 36.5 Å². The van der Waals surface area contributed by atoms with Gasteiger partial charge in [0.25, 0.3) is 6.43 Å². The highest BCUT2D eigenvalue weighted by molar-refractivity contribution is 6.74. The van der Waals surface area contributed by atoms with Crippen LogP contribution in [0.1, 0.15) is 64.3 Å². The molecule has 214 valence electrons. The molecule has 2 aromatic heterocycles. The summed E-state index contributed by atoms with van der Waals surface area (Å²) in [6.07, 6.45) is 0.690. The maximum Gasteiger partial charge on any atom is 0.257 e. The molecule has 1 aromatic carbocycles. The van der Waals surface area contributed by atoms with Crippen LogP contribution in [-0.4, -0.2) is 47.6 Å². The fraction of sp³-hybridized carbons (Fsp3) is 0.517. The van der Waals surface area contributed by atoms with E-state index in [0.29, 0.717) is 41.7 Å². The third-order valence-electron chi connectivity index (χ3n) is 7.98. The van der Waals surface area contributed by atoms with E-state index >= 15 is 0 Å². The number of nitrogens with zero attached hydrogens (tertiary/aromatic N) is 5. The molecule has 2 N–H and O–H groups in total. The second kappa shape index (κ2) is 10.9. The maximum absolute atomic E-state index is 13.0. The van der Waals surface area contributed by atoms with Crippen molar-refractivity contribution in [2.75, 3.05) is 23.8 Å². The number of alkyl halides is 2. The van der Waals surface area contributed by atoms with Crippen LogP contribution >= 0.6 is 0 Å². The highest BCUT2D eigenvalue weighted by Gasteiger charge is 2.42. The molecule has 0 amide bonds. The van der Waals surface area contributed by atoms with E-state index in [1.165, 1.54) is 4.68 Å². The fourth-order valence-electron chi connectivity index (χ4n) is 4.50. The molecule has 0 radical (unpaired) electrons. The lowest BCUT2D eigenvalue weighted by molar-refractivity contribution is 0.121. The Morgan fingerprint density at radius 3 is 2.62 bits per heavy atom. The Morgan fingerprint density at radius 1 is 1.27 bits per heavy atom. The first kappa shape index (κ1) is 29.6. The summed E-state index contributed by atoms with van der Waals surface area (Å²) in [5.41, 5.74) is 4.78. The van der Waals surface area contributed by atoms with Gasteiger partial charge < -0.3 is 15.1 Å². The number of benzene rings is 1. The fourth-order valence-corrected chi connectivity index (χ4v) is 5.61. The predicted molar refractivity (Wildman–Crippen MR) is 157 cm³/mol. The number of hydrogen-bond acceptors (Lipinski definition) is 7. The Bertz CT molecular complexity index is 1420. The van der Waals surface area contributed by atoms with Crippen LogP contribution in [0.2, 0.25) is 18.1 Å². The second-order valence-electron chi connectivity index (χ2n) is 12.6.